The van der Waals surface area contributed by atoms with E-state index in [-0.39, 0.29) is 16.9 Å². The average Bonchev–Trinajstić information content (AvgIpc) is 3.11. The molecule has 0 aliphatic rings. The van der Waals surface area contributed by atoms with E-state index in [9.17, 15) is 9.59 Å². The molecule has 0 bridgehead atoms. The fraction of sp³-hybridized carbons (Fsp3) is 0.136. The van der Waals surface area contributed by atoms with Crippen molar-refractivity contribution in [2.24, 2.45) is 0 Å². The van der Waals surface area contributed by atoms with E-state index in [2.05, 4.69) is 4.98 Å². The Morgan fingerprint density at radius 3 is 2.43 bits per heavy atom. The summed E-state index contributed by atoms with van der Waals surface area (Å²) in [4.78, 5) is 30.4. The number of nitrogens with zero attached hydrogens (tertiary/aromatic N) is 2. The molecule has 0 unspecified atom stereocenters. The zero-order chi connectivity index (χ0) is 19.7. The Morgan fingerprint density at radius 1 is 0.964 bits per heavy atom. The molecule has 0 aliphatic heterocycles. The number of methoxy groups -OCH3 is 2. The number of benzene rings is 2. The van der Waals surface area contributed by atoms with Gasteiger partial charge in [0.1, 0.15) is 6.73 Å². The molecule has 0 amide bonds. The Balaban J connectivity index is 1.95. The average molecular weight is 374 g/mol. The van der Waals surface area contributed by atoms with Gasteiger partial charge in [-0.15, -0.1) is 0 Å². The van der Waals surface area contributed by atoms with Crippen LogP contribution in [0.15, 0.2) is 60.9 Å². The molecular weight excluding hydrogens is 356 g/mol. The second-order valence-electron chi connectivity index (χ2n) is 6.33. The topological polar surface area (TPSA) is 70.4 Å². The molecule has 0 fully saturated rings. The predicted octanol–water partition coefficient (Wildman–Crippen LogP) is 3.81. The predicted molar refractivity (Wildman–Crippen MR) is 105 cm³/mol. The summed E-state index contributed by atoms with van der Waals surface area (Å²) in [6.45, 7) is 0.313. The van der Waals surface area contributed by atoms with Crippen molar-refractivity contribution < 1.29 is 19.1 Å². The van der Waals surface area contributed by atoms with Gasteiger partial charge in [0.05, 0.1) is 29.3 Å². The van der Waals surface area contributed by atoms with Crippen molar-refractivity contribution in [1.82, 2.24) is 9.55 Å². The minimum absolute atomic E-state index is 0.214. The van der Waals surface area contributed by atoms with Crippen molar-refractivity contribution in [1.29, 1.82) is 0 Å². The fourth-order valence-electron chi connectivity index (χ4n) is 3.45. The molecule has 6 heteroatoms. The summed E-state index contributed by atoms with van der Waals surface area (Å²) < 4.78 is 12.1. The summed E-state index contributed by atoms with van der Waals surface area (Å²) in [6, 6.07) is 14.8. The van der Waals surface area contributed by atoms with Crippen molar-refractivity contribution in [2.45, 2.75) is 6.73 Å². The molecule has 0 atom stereocenters. The van der Waals surface area contributed by atoms with Crippen molar-refractivity contribution >= 4 is 33.6 Å². The molecule has 0 N–H and O–H groups in total. The third kappa shape index (κ3) is 2.84. The monoisotopic (exact) mass is 374 g/mol. The highest BCUT2D eigenvalue weighted by Gasteiger charge is 2.25. The van der Waals surface area contributed by atoms with Crippen molar-refractivity contribution in [3.05, 3.63) is 77.6 Å². The van der Waals surface area contributed by atoms with Crippen LogP contribution in [0.25, 0.3) is 21.8 Å². The number of para-hydroxylation sites is 2. The van der Waals surface area contributed by atoms with Gasteiger partial charge in [0.2, 0.25) is 0 Å². The highest BCUT2D eigenvalue weighted by molar-refractivity contribution is 6.22. The molecule has 0 saturated carbocycles. The van der Waals surface area contributed by atoms with Crippen LogP contribution in [-0.4, -0.2) is 35.5 Å². The molecule has 4 aromatic rings. The summed E-state index contributed by atoms with van der Waals surface area (Å²) in [5, 5.41) is 1.37. The Labute approximate surface area is 161 Å². The summed E-state index contributed by atoms with van der Waals surface area (Å²) >= 11 is 0. The summed E-state index contributed by atoms with van der Waals surface area (Å²) in [5.41, 5.74) is 2.42. The third-order valence-corrected chi connectivity index (χ3v) is 4.71. The minimum Gasteiger partial charge on any atom is -0.465 e. The number of fused-ring (bicyclic) bond motifs is 2. The van der Waals surface area contributed by atoms with E-state index in [1.807, 2.05) is 34.9 Å². The zero-order valence-corrected chi connectivity index (χ0v) is 15.5. The maximum Gasteiger partial charge on any atom is 0.339 e. The Hall–Kier alpha value is -3.51. The quantitative estimate of drug-likeness (QED) is 0.392. The number of ether oxygens (including phenoxy) is 2. The highest BCUT2D eigenvalue weighted by Crippen LogP contribution is 2.28. The van der Waals surface area contributed by atoms with Gasteiger partial charge in [-0.1, -0.05) is 36.4 Å². The molecule has 0 saturated heterocycles. The Morgan fingerprint density at radius 2 is 1.68 bits per heavy atom. The molecule has 2 aromatic carbocycles. The number of esters is 1. The van der Waals surface area contributed by atoms with E-state index in [1.165, 1.54) is 13.3 Å². The number of aromatic nitrogens is 2. The lowest BCUT2D eigenvalue weighted by atomic mass is 9.96. The van der Waals surface area contributed by atoms with Crippen molar-refractivity contribution in [3.63, 3.8) is 0 Å². The number of ketones is 1. The summed E-state index contributed by atoms with van der Waals surface area (Å²) in [7, 11) is 2.90. The summed E-state index contributed by atoms with van der Waals surface area (Å²) in [6.07, 6.45) is 3.19. The van der Waals surface area contributed by atoms with Gasteiger partial charge < -0.3 is 14.0 Å². The third-order valence-electron chi connectivity index (χ3n) is 4.71. The van der Waals surface area contributed by atoms with E-state index in [0.717, 1.165) is 10.9 Å². The first kappa shape index (κ1) is 17.9. The van der Waals surface area contributed by atoms with Gasteiger partial charge in [0, 0.05) is 35.8 Å². The van der Waals surface area contributed by atoms with Gasteiger partial charge in [0.15, 0.2) is 5.78 Å². The number of pyridine rings is 1. The Kier molecular flexibility index (Phi) is 4.63. The van der Waals surface area contributed by atoms with E-state index in [4.69, 9.17) is 9.47 Å². The van der Waals surface area contributed by atoms with Crippen LogP contribution in [0.1, 0.15) is 26.3 Å². The van der Waals surface area contributed by atoms with Crippen LogP contribution < -0.4 is 0 Å². The van der Waals surface area contributed by atoms with Gasteiger partial charge in [-0.25, -0.2) is 4.79 Å². The van der Waals surface area contributed by atoms with Gasteiger partial charge in [-0.05, 0) is 12.1 Å². The molecule has 6 nitrogen and oxygen atoms in total. The first-order valence-corrected chi connectivity index (χ1v) is 8.73. The van der Waals surface area contributed by atoms with Crippen LogP contribution in [0.5, 0.6) is 0 Å². The molecule has 140 valence electrons. The summed E-state index contributed by atoms with van der Waals surface area (Å²) in [5.74, 6) is -0.854. The van der Waals surface area contributed by atoms with Crippen LogP contribution in [0.4, 0.5) is 0 Å². The molecule has 0 spiro atoms. The number of rotatable bonds is 5. The molecule has 0 radical (unpaired) electrons. The fourth-order valence-corrected chi connectivity index (χ4v) is 3.45. The number of carbonyl (C=O) groups is 2. The van der Waals surface area contributed by atoms with Gasteiger partial charge in [-0.3, -0.25) is 9.78 Å². The van der Waals surface area contributed by atoms with Gasteiger partial charge in [-0.2, -0.15) is 0 Å². The van der Waals surface area contributed by atoms with Crippen LogP contribution in [0.3, 0.4) is 0 Å². The standard InChI is InChI=1S/C22H18N2O4/c1-27-13-24-12-17(14-7-4-6-10-19(14)24)21(25)16-11-23-18-9-5-3-8-15(18)20(16)22(26)28-2/h3-12H,13H2,1-2H3. The van der Waals surface area contributed by atoms with E-state index in [0.29, 0.717) is 23.2 Å². The second kappa shape index (κ2) is 7.25. The Bertz CT molecular complexity index is 1210. The lowest BCUT2D eigenvalue weighted by Crippen LogP contribution is -2.13. The molecule has 4 rings (SSSR count). The van der Waals surface area contributed by atoms with Crippen LogP contribution in [0, 0.1) is 0 Å². The number of hydrogen-bond donors (Lipinski definition) is 0. The lowest BCUT2D eigenvalue weighted by molar-refractivity contribution is 0.0599. The largest absolute Gasteiger partial charge is 0.465 e. The molecular formula is C22H18N2O4. The highest BCUT2D eigenvalue weighted by atomic mass is 16.5. The van der Waals surface area contributed by atoms with Crippen molar-refractivity contribution in [3.8, 4) is 0 Å². The molecule has 2 heterocycles. The number of hydrogen-bond acceptors (Lipinski definition) is 5. The maximum absolute atomic E-state index is 13.5. The van der Waals surface area contributed by atoms with Crippen LogP contribution >= 0.6 is 0 Å². The van der Waals surface area contributed by atoms with Crippen LogP contribution in [0.2, 0.25) is 0 Å². The van der Waals surface area contributed by atoms with Gasteiger partial charge >= 0.3 is 5.97 Å². The molecule has 0 aliphatic carbocycles. The maximum atomic E-state index is 13.5. The smallest absolute Gasteiger partial charge is 0.339 e. The van der Waals surface area contributed by atoms with E-state index in [1.54, 1.807) is 31.5 Å². The first-order valence-electron chi connectivity index (χ1n) is 8.73. The van der Waals surface area contributed by atoms with E-state index >= 15 is 0 Å². The van der Waals surface area contributed by atoms with Crippen molar-refractivity contribution in [2.75, 3.05) is 14.2 Å². The second-order valence-corrected chi connectivity index (χ2v) is 6.33. The SMILES string of the molecule is COCn1cc(C(=O)c2cnc3ccccc3c2C(=O)OC)c2ccccc21. The molecule has 2 aromatic heterocycles. The number of carbonyl (C=O) groups excluding carboxylic acids is 2. The zero-order valence-electron chi connectivity index (χ0n) is 15.5. The van der Waals surface area contributed by atoms with Gasteiger partial charge in [0.25, 0.3) is 0 Å². The molecule has 28 heavy (non-hydrogen) atoms. The van der Waals surface area contributed by atoms with Crippen LogP contribution in [-0.2, 0) is 16.2 Å². The lowest BCUT2D eigenvalue weighted by Gasteiger charge is -2.10. The normalized spacial score (nSPS) is 11.1. The first-order chi connectivity index (χ1) is 13.7. The minimum atomic E-state index is -0.567. The van der Waals surface area contributed by atoms with E-state index < -0.39 is 5.97 Å².